The lowest BCUT2D eigenvalue weighted by molar-refractivity contribution is -0.437. The molecule has 3 aliphatic carbocycles. The first-order chi connectivity index (χ1) is 21.8. The summed E-state index contributed by atoms with van der Waals surface area (Å²) < 4.78 is 33.8. The minimum Gasteiger partial charge on any atom is -0.459 e. The molecule has 4 heterocycles. The van der Waals surface area contributed by atoms with Crippen LogP contribution in [0.15, 0.2) is 24.3 Å². The molecule has 3 bridgehead atoms. The number of carbonyl (C=O) groups is 2. The maximum absolute atomic E-state index is 14.6. The molecule has 0 aromatic rings. The van der Waals surface area contributed by atoms with Gasteiger partial charge in [0.25, 0.3) is 5.97 Å². The molecule has 0 amide bonds. The van der Waals surface area contributed by atoms with Crippen molar-refractivity contribution in [2.24, 2.45) is 35.5 Å². The SMILES string of the molecule is C=C(C)[C@@]12OC34CCC/C=C\CCCC[C@H](CCC)[C@H]5[C@H](C)C(=O)[C@@]6(O)[C@H](O)[C@@]7(CO)O[C@H]7[C@@H]([C@H]1O3)[C@](O4)([C@H](C)[C@H]2OC(C)=O)[C@H]56. The molecule has 15 atom stereocenters. The van der Waals surface area contributed by atoms with E-state index >= 15 is 0 Å². The van der Waals surface area contributed by atoms with Crippen molar-refractivity contribution in [3.63, 3.8) is 0 Å². The van der Waals surface area contributed by atoms with Crippen LogP contribution in [-0.2, 0) is 33.3 Å². The Morgan fingerprint density at radius 3 is 2.46 bits per heavy atom. The number of epoxide rings is 1. The lowest BCUT2D eigenvalue weighted by atomic mass is 9.50. The Labute approximate surface area is 271 Å². The second kappa shape index (κ2) is 10.9. The number of fused-ring (bicyclic) bond motifs is 1. The van der Waals surface area contributed by atoms with Crippen LogP contribution in [0.4, 0.5) is 0 Å². The fraction of sp³-hybridized carbons (Fsp3) is 0.833. The first-order valence-corrected chi connectivity index (χ1v) is 17.6. The van der Waals surface area contributed by atoms with E-state index in [1.165, 1.54) is 6.92 Å². The lowest BCUT2D eigenvalue weighted by Crippen LogP contribution is -2.77. The van der Waals surface area contributed by atoms with Gasteiger partial charge in [0.1, 0.15) is 30.0 Å². The number of aliphatic hydroxyl groups is 3. The van der Waals surface area contributed by atoms with Crippen LogP contribution in [0.3, 0.4) is 0 Å². The summed E-state index contributed by atoms with van der Waals surface area (Å²) in [5.41, 5.74) is -6.02. The number of hydrogen-bond donors (Lipinski definition) is 3. The first-order valence-electron chi connectivity index (χ1n) is 17.6. The van der Waals surface area contributed by atoms with Gasteiger partial charge in [0.05, 0.1) is 12.2 Å². The van der Waals surface area contributed by atoms with Crippen LogP contribution in [0.25, 0.3) is 0 Å². The Hall–Kier alpha value is -1.66. The van der Waals surface area contributed by atoms with Crippen LogP contribution in [0, 0.1) is 35.5 Å². The van der Waals surface area contributed by atoms with Gasteiger partial charge in [-0.2, -0.15) is 0 Å². The van der Waals surface area contributed by atoms with Gasteiger partial charge in [-0.25, -0.2) is 0 Å². The molecule has 7 aliphatic rings. The Bertz CT molecular complexity index is 1320. The molecule has 10 heteroatoms. The average molecular weight is 645 g/mol. The van der Waals surface area contributed by atoms with Crippen molar-refractivity contribution in [1.82, 2.24) is 0 Å². The highest BCUT2D eigenvalue weighted by atomic mass is 16.9. The van der Waals surface area contributed by atoms with Crippen molar-refractivity contribution in [2.75, 3.05) is 6.61 Å². The number of allylic oxidation sites excluding steroid dienone is 2. The van der Waals surface area contributed by atoms with Crippen molar-refractivity contribution >= 4 is 11.8 Å². The molecule has 3 N–H and O–H groups in total. The largest absolute Gasteiger partial charge is 0.459 e. The van der Waals surface area contributed by atoms with Crippen molar-refractivity contribution in [3.05, 3.63) is 24.3 Å². The monoisotopic (exact) mass is 644 g/mol. The second-order valence-electron chi connectivity index (χ2n) is 15.5. The van der Waals surface area contributed by atoms with Gasteiger partial charge >= 0.3 is 5.97 Å². The number of hydrogen-bond acceptors (Lipinski definition) is 10. The van der Waals surface area contributed by atoms with Gasteiger partial charge < -0.3 is 39.0 Å². The first kappa shape index (κ1) is 32.9. The zero-order valence-corrected chi connectivity index (χ0v) is 27.9. The fourth-order valence-corrected chi connectivity index (χ4v) is 11.4. The third-order valence-corrected chi connectivity index (χ3v) is 13.2. The van der Waals surface area contributed by atoms with Crippen LogP contribution in [0.1, 0.15) is 92.4 Å². The zero-order chi connectivity index (χ0) is 33.0. The van der Waals surface area contributed by atoms with Gasteiger partial charge in [0, 0.05) is 37.0 Å². The number of Topliss-reactive ketones (excluding diaryl/α,β-unsaturated/α-hetero) is 1. The molecule has 2 spiro atoms. The Morgan fingerprint density at radius 1 is 1.09 bits per heavy atom. The van der Waals surface area contributed by atoms with Gasteiger partial charge in [-0.15, -0.1) is 0 Å². The molecule has 0 aromatic heterocycles. The molecule has 7 rings (SSSR count). The van der Waals surface area contributed by atoms with E-state index in [-0.39, 0.29) is 11.8 Å². The minimum atomic E-state index is -2.30. The van der Waals surface area contributed by atoms with Crippen molar-refractivity contribution < 1.29 is 48.6 Å². The molecule has 0 aromatic carbocycles. The van der Waals surface area contributed by atoms with Crippen molar-refractivity contribution in [1.29, 1.82) is 0 Å². The summed E-state index contributed by atoms with van der Waals surface area (Å²) in [6.45, 7) is 12.9. The maximum atomic E-state index is 14.6. The van der Waals surface area contributed by atoms with Crippen LogP contribution in [-0.4, -0.2) is 86.5 Å². The summed E-state index contributed by atoms with van der Waals surface area (Å²) in [5.74, 6) is -5.69. The van der Waals surface area contributed by atoms with Gasteiger partial charge in [0.2, 0.25) is 0 Å². The normalized spacial score (nSPS) is 54.7. The summed E-state index contributed by atoms with van der Waals surface area (Å²) >= 11 is 0. The molecule has 0 radical (unpaired) electrons. The number of ketones is 1. The van der Waals surface area contributed by atoms with Gasteiger partial charge in [-0.3, -0.25) is 9.59 Å². The highest BCUT2D eigenvalue weighted by Gasteiger charge is 2.91. The van der Waals surface area contributed by atoms with Gasteiger partial charge in [-0.05, 0) is 50.0 Å². The third-order valence-electron chi connectivity index (χ3n) is 13.2. The molecule has 1 unspecified atom stereocenters. The van der Waals surface area contributed by atoms with E-state index in [1.54, 1.807) is 0 Å². The highest BCUT2D eigenvalue weighted by Crippen LogP contribution is 2.75. The van der Waals surface area contributed by atoms with Crippen molar-refractivity contribution in [3.8, 4) is 0 Å². The molecular weight excluding hydrogens is 592 g/mol. The predicted octanol–water partition coefficient (Wildman–Crippen LogP) is 3.74. The standard InChI is InChI=1S/C36H52O10/c1-7-15-23-16-13-11-9-8-10-12-14-17-33-44-30-25-29-32(18-37,43-29)31(40)34(41)26(24(23)20(4)27(34)39)36(25,46-33)21(5)28(42-22(6)38)35(30,45-33)19(2)3/h8,10,20-21,23-26,28-31,37,40-41H,2,7,9,11-18H2,1,3-6H3/b10-8-/t20-,21+,23-,24+,25-,26+,28+,29-,30+,31+,32-,33?,34+,35-,36+/m0/s1. The van der Waals surface area contributed by atoms with E-state index in [2.05, 4.69) is 25.7 Å². The Morgan fingerprint density at radius 2 is 1.80 bits per heavy atom. The van der Waals surface area contributed by atoms with Gasteiger partial charge in [0.15, 0.2) is 17.0 Å². The summed E-state index contributed by atoms with van der Waals surface area (Å²) in [6.07, 6.45) is 7.50. The number of carbonyl (C=O) groups excluding carboxylic acids is 2. The van der Waals surface area contributed by atoms with Crippen molar-refractivity contribution in [2.45, 2.75) is 145 Å². The third kappa shape index (κ3) is 3.95. The zero-order valence-electron chi connectivity index (χ0n) is 27.9. The van der Waals surface area contributed by atoms with Crippen LogP contribution in [0.2, 0.25) is 0 Å². The quantitative estimate of drug-likeness (QED) is 0.230. The molecule has 3 saturated heterocycles. The van der Waals surface area contributed by atoms with E-state index < -0.39 is 94.8 Å². The number of ether oxygens (including phenoxy) is 5. The summed E-state index contributed by atoms with van der Waals surface area (Å²) in [7, 11) is 0. The van der Waals surface area contributed by atoms with Gasteiger partial charge in [-0.1, -0.05) is 65.2 Å². The molecular formula is C36H52O10. The molecule has 6 fully saturated rings. The smallest absolute Gasteiger partial charge is 0.303 e. The number of rotatable bonds is 5. The van der Waals surface area contributed by atoms with Crippen LogP contribution < -0.4 is 0 Å². The summed E-state index contributed by atoms with van der Waals surface area (Å²) in [6, 6.07) is 0. The number of esters is 1. The maximum Gasteiger partial charge on any atom is 0.303 e. The fourth-order valence-electron chi connectivity index (χ4n) is 11.4. The Kier molecular flexibility index (Phi) is 7.80. The van der Waals surface area contributed by atoms with E-state index in [9.17, 15) is 24.9 Å². The van der Waals surface area contributed by atoms with E-state index in [4.69, 9.17) is 23.7 Å². The van der Waals surface area contributed by atoms with E-state index in [0.29, 0.717) is 18.4 Å². The lowest BCUT2D eigenvalue weighted by Gasteiger charge is -2.63. The topological polar surface area (TPSA) is 144 Å². The number of aliphatic hydroxyl groups excluding tert-OH is 2. The van der Waals surface area contributed by atoms with E-state index in [0.717, 1.165) is 44.9 Å². The Balaban J connectivity index is 1.53. The van der Waals surface area contributed by atoms with Crippen LogP contribution in [0.5, 0.6) is 0 Å². The minimum absolute atomic E-state index is 0.0490. The van der Waals surface area contributed by atoms with E-state index in [1.807, 2.05) is 20.8 Å². The molecule has 4 aliphatic heterocycles. The summed E-state index contributed by atoms with van der Waals surface area (Å²) in [4.78, 5) is 27.5. The average Bonchev–Trinajstić information content (AvgIpc) is 3.64. The predicted molar refractivity (Wildman–Crippen MR) is 165 cm³/mol. The summed E-state index contributed by atoms with van der Waals surface area (Å²) in [5, 5.41) is 36.2. The second-order valence-corrected chi connectivity index (χ2v) is 15.5. The molecule has 256 valence electrons. The highest BCUT2D eigenvalue weighted by molar-refractivity contribution is 5.94. The van der Waals surface area contributed by atoms with Crippen LogP contribution >= 0.6 is 0 Å². The molecule has 3 saturated carbocycles. The molecule has 10 nitrogen and oxygen atoms in total. The molecule has 46 heavy (non-hydrogen) atoms.